The first-order chi connectivity index (χ1) is 8.03. The number of aromatic nitrogens is 2. The summed E-state index contributed by atoms with van der Waals surface area (Å²) in [6.07, 6.45) is 2.06. The highest BCUT2D eigenvalue weighted by Gasteiger charge is 2.29. The molecule has 0 spiro atoms. The second kappa shape index (κ2) is 6.58. The monoisotopic (exact) mass is 384 g/mol. The normalized spacial score (nSPS) is 12.1. The molecule has 0 aliphatic rings. The Balaban J connectivity index is 3.08. The highest BCUT2D eigenvalue weighted by atomic mass is 79.9. The van der Waals surface area contributed by atoms with Crippen LogP contribution in [0.1, 0.15) is 31.7 Å². The third-order valence-corrected chi connectivity index (χ3v) is 6.18. The van der Waals surface area contributed by atoms with Gasteiger partial charge in [0.1, 0.15) is 0 Å². The smallest absolute Gasteiger partial charge is 0.0847 e. The number of rotatable bonds is 6. The van der Waals surface area contributed by atoms with E-state index in [2.05, 4.69) is 50.8 Å². The Morgan fingerprint density at radius 2 is 1.88 bits per heavy atom. The van der Waals surface area contributed by atoms with E-state index in [0.29, 0.717) is 0 Å². The summed E-state index contributed by atoms with van der Waals surface area (Å²) in [5.74, 6) is 0. The molecule has 17 heavy (non-hydrogen) atoms. The summed E-state index contributed by atoms with van der Waals surface area (Å²) in [6, 6.07) is 0. The zero-order chi connectivity index (χ0) is 13.1. The Morgan fingerprint density at radius 1 is 1.29 bits per heavy atom. The van der Waals surface area contributed by atoms with Crippen LogP contribution in [0, 0.1) is 12.3 Å². The Kier molecular flexibility index (Phi) is 6.00. The van der Waals surface area contributed by atoms with Crippen molar-refractivity contribution in [2.45, 2.75) is 40.2 Å². The van der Waals surface area contributed by atoms with Gasteiger partial charge in [0.25, 0.3) is 0 Å². The van der Waals surface area contributed by atoms with Crippen LogP contribution in [0.15, 0.2) is 0 Å². The van der Waals surface area contributed by atoms with Gasteiger partial charge in [-0.2, -0.15) is 5.10 Å². The van der Waals surface area contributed by atoms with Crippen LogP contribution >= 0.6 is 43.5 Å². The van der Waals surface area contributed by atoms with Crippen molar-refractivity contribution < 1.29 is 0 Å². The lowest BCUT2D eigenvalue weighted by atomic mass is 9.85. The molecule has 1 heterocycles. The summed E-state index contributed by atoms with van der Waals surface area (Å²) >= 11 is 13.6. The van der Waals surface area contributed by atoms with Gasteiger partial charge in [-0.05, 0) is 32.1 Å². The van der Waals surface area contributed by atoms with Crippen molar-refractivity contribution in [1.82, 2.24) is 9.78 Å². The van der Waals surface area contributed by atoms with Gasteiger partial charge >= 0.3 is 0 Å². The quantitative estimate of drug-likeness (QED) is 0.654. The van der Waals surface area contributed by atoms with Gasteiger partial charge in [0.15, 0.2) is 0 Å². The molecule has 0 amide bonds. The number of alkyl halides is 2. The fourth-order valence-corrected chi connectivity index (χ4v) is 4.16. The predicted octanol–water partition coefficient (Wildman–Crippen LogP) is 4.59. The third kappa shape index (κ3) is 3.27. The first kappa shape index (κ1) is 15.5. The van der Waals surface area contributed by atoms with Gasteiger partial charge in [-0.3, -0.25) is 4.68 Å². The second-order valence-corrected chi connectivity index (χ2v) is 5.96. The van der Waals surface area contributed by atoms with Gasteiger partial charge in [0.2, 0.25) is 0 Å². The lowest BCUT2D eigenvalue weighted by Crippen LogP contribution is -2.28. The second-order valence-electron chi connectivity index (χ2n) is 4.46. The molecule has 0 aliphatic carbocycles. The van der Waals surface area contributed by atoms with Crippen molar-refractivity contribution in [2.24, 2.45) is 5.41 Å². The van der Waals surface area contributed by atoms with E-state index in [9.17, 15) is 0 Å². The van der Waals surface area contributed by atoms with Crippen LogP contribution in [0.4, 0.5) is 0 Å². The Hall–Kier alpha value is 0.460. The van der Waals surface area contributed by atoms with Crippen LogP contribution in [-0.4, -0.2) is 20.4 Å². The number of hydrogen-bond acceptors (Lipinski definition) is 1. The fraction of sp³-hybridized carbons (Fsp3) is 0.750. The van der Waals surface area contributed by atoms with E-state index < -0.39 is 0 Å². The molecule has 0 saturated carbocycles. The number of aryl methyl sites for hydroxylation is 2. The van der Waals surface area contributed by atoms with Gasteiger partial charge in [-0.15, -0.1) is 0 Å². The molecule has 1 aromatic rings. The van der Waals surface area contributed by atoms with Crippen LogP contribution in [-0.2, 0) is 13.0 Å². The average molecular weight is 387 g/mol. The largest absolute Gasteiger partial charge is 0.268 e. The van der Waals surface area contributed by atoms with Crippen LogP contribution in [0.5, 0.6) is 0 Å². The average Bonchev–Trinajstić information content (AvgIpc) is 2.63. The highest BCUT2D eigenvalue weighted by molar-refractivity contribution is 9.09. The summed E-state index contributed by atoms with van der Waals surface area (Å²) < 4.78 is 2.02. The molecule has 0 saturated heterocycles. The van der Waals surface area contributed by atoms with Gasteiger partial charge in [-0.25, -0.2) is 0 Å². The van der Waals surface area contributed by atoms with Crippen molar-refractivity contribution in [3.05, 3.63) is 16.4 Å². The van der Waals surface area contributed by atoms with Crippen molar-refractivity contribution in [3.8, 4) is 0 Å². The van der Waals surface area contributed by atoms with Crippen molar-refractivity contribution in [1.29, 1.82) is 0 Å². The van der Waals surface area contributed by atoms with E-state index in [4.69, 9.17) is 11.6 Å². The lowest BCUT2D eigenvalue weighted by molar-refractivity contribution is 0.360. The summed E-state index contributed by atoms with van der Waals surface area (Å²) in [6.45, 7) is 7.15. The summed E-state index contributed by atoms with van der Waals surface area (Å²) in [4.78, 5) is 0. The number of hydrogen-bond donors (Lipinski definition) is 0. The third-order valence-electron chi connectivity index (χ3n) is 3.31. The molecule has 1 rings (SSSR count). The molecule has 5 heteroatoms. The zero-order valence-corrected chi connectivity index (χ0v) is 14.5. The van der Waals surface area contributed by atoms with Crippen LogP contribution in [0.3, 0.4) is 0 Å². The molecule has 0 radical (unpaired) electrons. The zero-order valence-electron chi connectivity index (χ0n) is 10.6. The van der Waals surface area contributed by atoms with Gasteiger partial charge < -0.3 is 0 Å². The molecule has 0 unspecified atom stereocenters. The summed E-state index contributed by atoms with van der Waals surface area (Å²) in [5, 5.41) is 7.22. The Labute approximate surface area is 125 Å². The molecule has 0 bridgehead atoms. The molecule has 0 atom stereocenters. The SMILES string of the molecule is CCn1nc(C)c(Cl)c1CC(CC)(CBr)CBr. The molecule has 0 N–H and O–H groups in total. The fourth-order valence-electron chi connectivity index (χ4n) is 1.84. The maximum Gasteiger partial charge on any atom is 0.0847 e. The Bertz CT molecular complexity index is 365. The van der Waals surface area contributed by atoms with E-state index in [1.807, 2.05) is 11.6 Å². The van der Waals surface area contributed by atoms with E-state index in [0.717, 1.165) is 46.5 Å². The molecule has 0 fully saturated rings. The summed E-state index contributed by atoms with van der Waals surface area (Å²) in [7, 11) is 0. The minimum atomic E-state index is 0.211. The molecular weight excluding hydrogens is 367 g/mol. The van der Waals surface area contributed by atoms with Crippen molar-refractivity contribution in [3.63, 3.8) is 0 Å². The van der Waals surface area contributed by atoms with Crippen molar-refractivity contribution >= 4 is 43.5 Å². The molecule has 1 aromatic heterocycles. The van der Waals surface area contributed by atoms with E-state index >= 15 is 0 Å². The topological polar surface area (TPSA) is 17.8 Å². The van der Waals surface area contributed by atoms with Gasteiger partial charge in [0, 0.05) is 17.2 Å². The maximum atomic E-state index is 6.36. The molecule has 2 nitrogen and oxygen atoms in total. The van der Waals surface area contributed by atoms with Crippen LogP contribution in [0.25, 0.3) is 0 Å². The van der Waals surface area contributed by atoms with E-state index in [1.165, 1.54) is 0 Å². The standard InChI is InChI=1S/C12H19Br2ClN2/c1-4-12(7-13,8-14)6-10-11(15)9(3)16-17(10)5-2/h4-8H2,1-3H3. The lowest BCUT2D eigenvalue weighted by Gasteiger charge is -2.28. The number of halogens is 3. The molecule has 98 valence electrons. The predicted molar refractivity (Wildman–Crippen MR) is 81.7 cm³/mol. The first-order valence-corrected chi connectivity index (χ1v) is 8.49. The van der Waals surface area contributed by atoms with E-state index in [-0.39, 0.29) is 5.41 Å². The summed E-state index contributed by atoms with van der Waals surface area (Å²) in [5.41, 5.74) is 2.30. The Morgan fingerprint density at radius 3 is 2.29 bits per heavy atom. The van der Waals surface area contributed by atoms with Gasteiger partial charge in [0.05, 0.1) is 16.4 Å². The first-order valence-electron chi connectivity index (χ1n) is 5.87. The van der Waals surface area contributed by atoms with Crippen LogP contribution < -0.4 is 0 Å². The molecule has 0 aliphatic heterocycles. The van der Waals surface area contributed by atoms with Crippen LogP contribution in [0.2, 0.25) is 5.02 Å². The van der Waals surface area contributed by atoms with E-state index in [1.54, 1.807) is 0 Å². The minimum absolute atomic E-state index is 0.211. The maximum absolute atomic E-state index is 6.36. The highest BCUT2D eigenvalue weighted by Crippen LogP contribution is 2.34. The van der Waals surface area contributed by atoms with Gasteiger partial charge in [-0.1, -0.05) is 50.4 Å². The molecular formula is C12H19Br2ClN2. The number of nitrogens with zero attached hydrogens (tertiary/aromatic N) is 2. The molecule has 0 aromatic carbocycles. The van der Waals surface area contributed by atoms with Crippen molar-refractivity contribution in [2.75, 3.05) is 10.7 Å². The minimum Gasteiger partial charge on any atom is -0.268 e.